The van der Waals surface area contributed by atoms with Gasteiger partial charge in [0.15, 0.2) is 11.6 Å². The van der Waals surface area contributed by atoms with Gasteiger partial charge in [-0.25, -0.2) is 9.18 Å². The minimum Gasteiger partial charge on any atom is -0.494 e. The zero-order valence-corrected chi connectivity index (χ0v) is 13.4. The zero-order valence-electron chi connectivity index (χ0n) is 13.4. The van der Waals surface area contributed by atoms with Crippen LogP contribution in [0, 0.1) is 5.82 Å². The van der Waals surface area contributed by atoms with E-state index < -0.39 is 18.0 Å². The second-order valence-corrected chi connectivity index (χ2v) is 5.26. The highest BCUT2D eigenvalue weighted by molar-refractivity contribution is 5.67. The third-order valence-corrected chi connectivity index (χ3v) is 3.45. The average molecular weight is 333 g/mol. The number of aliphatic hydroxyl groups is 1. The van der Waals surface area contributed by atoms with Crippen LogP contribution in [0.25, 0.3) is 0 Å². The molecule has 0 aliphatic heterocycles. The van der Waals surface area contributed by atoms with E-state index in [1.165, 1.54) is 19.2 Å². The normalized spacial score (nSPS) is 11.6. The molecule has 0 radical (unpaired) electrons. The molecule has 1 atom stereocenters. The van der Waals surface area contributed by atoms with Crippen molar-refractivity contribution in [3.05, 3.63) is 65.5 Å². The Labute approximate surface area is 140 Å². The molecule has 0 aliphatic rings. The van der Waals surface area contributed by atoms with Crippen LogP contribution in [0.3, 0.4) is 0 Å². The number of amides is 1. The summed E-state index contributed by atoms with van der Waals surface area (Å²) in [4.78, 5) is 11.8. The molecule has 0 aromatic heterocycles. The van der Waals surface area contributed by atoms with E-state index in [1.807, 2.05) is 30.3 Å². The predicted molar refractivity (Wildman–Crippen MR) is 87.3 cm³/mol. The molecular formula is C18H20FNO4. The second-order valence-electron chi connectivity index (χ2n) is 5.26. The third kappa shape index (κ3) is 5.24. The van der Waals surface area contributed by atoms with Crippen molar-refractivity contribution in [2.24, 2.45) is 0 Å². The van der Waals surface area contributed by atoms with Crippen LogP contribution >= 0.6 is 0 Å². The summed E-state index contributed by atoms with van der Waals surface area (Å²) in [6.45, 7) is -0.143. The van der Waals surface area contributed by atoms with Gasteiger partial charge >= 0.3 is 6.09 Å². The first kappa shape index (κ1) is 17.7. The van der Waals surface area contributed by atoms with E-state index in [1.54, 1.807) is 6.07 Å². The van der Waals surface area contributed by atoms with Crippen molar-refractivity contribution in [2.75, 3.05) is 13.7 Å². The van der Waals surface area contributed by atoms with E-state index in [2.05, 4.69) is 5.32 Å². The average Bonchev–Trinajstić information content (AvgIpc) is 2.60. The van der Waals surface area contributed by atoms with Gasteiger partial charge in [0.25, 0.3) is 0 Å². The molecule has 0 heterocycles. The number of alkyl carbamates (subject to hydrolysis) is 1. The number of carbonyl (C=O) groups is 1. The minimum absolute atomic E-state index is 0.141. The number of ether oxygens (including phenoxy) is 2. The van der Waals surface area contributed by atoms with Crippen molar-refractivity contribution in [1.82, 2.24) is 5.32 Å². The van der Waals surface area contributed by atoms with Crippen LogP contribution in [0.2, 0.25) is 0 Å². The van der Waals surface area contributed by atoms with Crippen LogP contribution in [0.5, 0.6) is 5.75 Å². The lowest BCUT2D eigenvalue weighted by Crippen LogP contribution is -2.39. The molecule has 0 bridgehead atoms. The summed E-state index contributed by atoms with van der Waals surface area (Å²) in [5, 5.41) is 12.0. The molecule has 1 amide bonds. The molecule has 0 fully saturated rings. The summed E-state index contributed by atoms with van der Waals surface area (Å²) >= 11 is 0. The van der Waals surface area contributed by atoms with Crippen LogP contribution < -0.4 is 10.1 Å². The van der Waals surface area contributed by atoms with E-state index in [0.29, 0.717) is 5.56 Å². The highest BCUT2D eigenvalue weighted by Crippen LogP contribution is 2.18. The van der Waals surface area contributed by atoms with Gasteiger partial charge in [-0.3, -0.25) is 0 Å². The number of benzene rings is 2. The summed E-state index contributed by atoms with van der Waals surface area (Å²) in [7, 11) is 1.39. The molecule has 0 spiro atoms. The van der Waals surface area contributed by atoms with Crippen LogP contribution in [0.1, 0.15) is 11.1 Å². The summed E-state index contributed by atoms with van der Waals surface area (Å²) in [6, 6.07) is 13.2. The first-order valence-corrected chi connectivity index (χ1v) is 7.53. The molecule has 6 heteroatoms. The van der Waals surface area contributed by atoms with Gasteiger partial charge < -0.3 is 19.9 Å². The second kappa shape index (κ2) is 8.88. The van der Waals surface area contributed by atoms with Gasteiger partial charge in [-0.2, -0.15) is 0 Å². The van der Waals surface area contributed by atoms with Gasteiger partial charge in [0.05, 0.1) is 19.8 Å². The van der Waals surface area contributed by atoms with Crippen LogP contribution in [0.15, 0.2) is 48.5 Å². The van der Waals surface area contributed by atoms with Crippen molar-refractivity contribution >= 4 is 6.09 Å². The number of hydrogen-bond acceptors (Lipinski definition) is 4. The maximum absolute atomic E-state index is 13.7. The summed E-state index contributed by atoms with van der Waals surface area (Å²) < 4.78 is 23.6. The predicted octanol–water partition coefficient (Wildman–Crippen LogP) is 2.66. The number of nitrogens with one attached hydrogen (secondary N) is 1. The Kier molecular flexibility index (Phi) is 6.57. The molecule has 0 aliphatic carbocycles. The van der Waals surface area contributed by atoms with E-state index in [9.17, 15) is 14.3 Å². The monoisotopic (exact) mass is 333 g/mol. The number of halogens is 1. The van der Waals surface area contributed by atoms with Crippen molar-refractivity contribution in [2.45, 2.75) is 19.1 Å². The van der Waals surface area contributed by atoms with Crippen LogP contribution in [-0.4, -0.2) is 31.0 Å². The van der Waals surface area contributed by atoms with Gasteiger partial charge in [0.1, 0.15) is 6.61 Å². The SMILES string of the molecule is COc1ccc(C[C@@H](CO)NC(=O)OCc2ccccc2)cc1F. The van der Waals surface area contributed by atoms with Gasteiger partial charge in [-0.05, 0) is 29.7 Å². The maximum atomic E-state index is 13.7. The zero-order chi connectivity index (χ0) is 17.4. The molecule has 0 unspecified atom stereocenters. The smallest absolute Gasteiger partial charge is 0.407 e. The van der Waals surface area contributed by atoms with Crippen molar-refractivity contribution in [3.63, 3.8) is 0 Å². The molecule has 2 rings (SSSR count). The Bertz CT molecular complexity index is 663. The number of carbonyl (C=O) groups excluding carboxylic acids is 1. The fourth-order valence-electron chi connectivity index (χ4n) is 2.21. The molecular weight excluding hydrogens is 313 g/mol. The summed E-state index contributed by atoms with van der Waals surface area (Å²) in [6.07, 6.45) is -0.357. The molecule has 0 saturated heterocycles. The highest BCUT2D eigenvalue weighted by atomic mass is 19.1. The fourth-order valence-corrected chi connectivity index (χ4v) is 2.21. The largest absolute Gasteiger partial charge is 0.494 e. The highest BCUT2D eigenvalue weighted by Gasteiger charge is 2.14. The Morgan fingerprint density at radius 1 is 1.21 bits per heavy atom. The Hall–Kier alpha value is -2.60. The first-order chi connectivity index (χ1) is 11.6. The number of hydrogen-bond donors (Lipinski definition) is 2. The Morgan fingerprint density at radius 2 is 1.96 bits per heavy atom. The maximum Gasteiger partial charge on any atom is 0.407 e. The van der Waals surface area contributed by atoms with Crippen molar-refractivity contribution < 1.29 is 23.8 Å². The molecule has 128 valence electrons. The fraction of sp³-hybridized carbons (Fsp3) is 0.278. The van der Waals surface area contributed by atoms with Crippen molar-refractivity contribution in [3.8, 4) is 5.75 Å². The minimum atomic E-state index is -0.633. The van der Waals surface area contributed by atoms with Gasteiger partial charge in [0.2, 0.25) is 0 Å². The Balaban J connectivity index is 1.87. The third-order valence-electron chi connectivity index (χ3n) is 3.45. The molecule has 24 heavy (non-hydrogen) atoms. The molecule has 2 aromatic rings. The van der Waals surface area contributed by atoms with Gasteiger partial charge in [0, 0.05) is 0 Å². The Morgan fingerprint density at radius 3 is 2.58 bits per heavy atom. The van der Waals surface area contributed by atoms with E-state index >= 15 is 0 Å². The topological polar surface area (TPSA) is 67.8 Å². The number of aliphatic hydroxyl groups excluding tert-OH is 1. The molecule has 0 saturated carbocycles. The standard InChI is InChI=1S/C18H20FNO4/c1-23-17-8-7-14(10-16(17)19)9-15(11-21)20-18(22)24-12-13-5-3-2-4-6-13/h2-8,10,15,21H,9,11-12H2,1H3,(H,20,22)/t15-/m0/s1. The number of methoxy groups -OCH3 is 1. The molecule has 5 nitrogen and oxygen atoms in total. The van der Waals surface area contributed by atoms with Crippen LogP contribution in [0.4, 0.5) is 9.18 Å². The molecule has 2 N–H and O–H groups in total. The first-order valence-electron chi connectivity index (χ1n) is 7.53. The lowest BCUT2D eigenvalue weighted by molar-refractivity contribution is 0.129. The van der Waals surface area contributed by atoms with Crippen LogP contribution in [-0.2, 0) is 17.8 Å². The number of rotatable bonds is 7. The molecule has 2 aromatic carbocycles. The van der Waals surface area contributed by atoms with E-state index in [0.717, 1.165) is 5.56 Å². The summed E-state index contributed by atoms with van der Waals surface area (Å²) in [5.41, 5.74) is 1.50. The van der Waals surface area contributed by atoms with E-state index in [-0.39, 0.29) is 25.4 Å². The lowest BCUT2D eigenvalue weighted by atomic mass is 10.1. The summed E-state index contributed by atoms with van der Waals surface area (Å²) in [5.74, 6) is -0.340. The van der Waals surface area contributed by atoms with Crippen molar-refractivity contribution in [1.29, 1.82) is 0 Å². The van der Waals surface area contributed by atoms with Gasteiger partial charge in [-0.15, -0.1) is 0 Å². The quantitative estimate of drug-likeness (QED) is 0.817. The van der Waals surface area contributed by atoms with E-state index in [4.69, 9.17) is 9.47 Å². The van der Waals surface area contributed by atoms with Gasteiger partial charge in [-0.1, -0.05) is 36.4 Å². The lowest BCUT2D eigenvalue weighted by Gasteiger charge is -2.16.